The van der Waals surface area contributed by atoms with E-state index >= 15 is 0 Å². The molecular formula is C20H18O4. The predicted molar refractivity (Wildman–Crippen MR) is 90.3 cm³/mol. The maximum Gasteiger partial charge on any atom is 0.334 e. The van der Waals surface area contributed by atoms with Gasteiger partial charge in [0.2, 0.25) is 0 Å². The molecule has 0 fully saturated rings. The van der Waals surface area contributed by atoms with Crippen molar-refractivity contribution in [3.8, 4) is 11.1 Å². The number of fused-ring (bicyclic) bond motifs is 3. The van der Waals surface area contributed by atoms with Crippen LogP contribution in [0.2, 0.25) is 0 Å². The highest BCUT2D eigenvalue weighted by Crippen LogP contribution is 2.47. The molecule has 24 heavy (non-hydrogen) atoms. The fourth-order valence-corrected chi connectivity index (χ4v) is 3.00. The van der Waals surface area contributed by atoms with Crippen molar-refractivity contribution < 1.29 is 19.1 Å². The van der Waals surface area contributed by atoms with Crippen molar-refractivity contribution in [2.75, 3.05) is 7.11 Å². The molecule has 0 saturated carbocycles. The van der Waals surface area contributed by atoms with Gasteiger partial charge in [0, 0.05) is 16.7 Å². The first-order valence-corrected chi connectivity index (χ1v) is 7.67. The molecular weight excluding hydrogens is 304 g/mol. The van der Waals surface area contributed by atoms with E-state index < -0.39 is 12.1 Å². The Morgan fingerprint density at radius 1 is 1.08 bits per heavy atom. The largest absolute Gasteiger partial charge is 0.469 e. The van der Waals surface area contributed by atoms with Gasteiger partial charge in [0.05, 0.1) is 13.5 Å². The Hall–Kier alpha value is -2.88. The molecule has 4 heteroatoms. The van der Waals surface area contributed by atoms with E-state index in [4.69, 9.17) is 9.47 Å². The average Bonchev–Trinajstić information content (AvgIpc) is 2.90. The zero-order valence-electron chi connectivity index (χ0n) is 13.7. The summed E-state index contributed by atoms with van der Waals surface area (Å²) in [6.07, 6.45) is -0.312. The van der Waals surface area contributed by atoms with Gasteiger partial charge in [-0.15, -0.1) is 0 Å². The van der Waals surface area contributed by atoms with Crippen molar-refractivity contribution in [3.05, 3.63) is 71.3 Å². The van der Waals surface area contributed by atoms with Crippen LogP contribution in [0.1, 0.15) is 29.7 Å². The highest BCUT2D eigenvalue weighted by Gasteiger charge is 2.33. The minimum absolute atomic E-state index is 0.176. The standard InChI is InChI=1S/C20H18O4/c1-12(2)20(22)24-19-15-9-5-4-8-14(15)18-13(11-17(21)23-3)7-6-10-16(18)19/h4-10,19H,1,11H2,2-3H3. The summed E-state index contributed by atoms with van der Waals surface area (Å²) in [7, 11) is 1.37. The molecule has 1 atom stereocenters. The number of esters is 2. The highest BCUT2D eigenvalue weighted by atomic mass is 16.5. The maximum absolute atomic E-state index is 12.0. The Kier molecular flexibility index (Phi) is 4.21. The van der Waals surface area contributed by atoms with Crippen LogP contribution >= 0.6 is 0 Å². The van der Waals surface area contributed by atoms with Crippen molar-refractivity contribution >= 4 is 11.9 Å². The lowest BCUT2D eigenvalue weighted by Gasteiger charge is -2.15. The number of ether oxygens (including phenoxy) is 2. The van der Waals surface area contributed by atoms with E-state index in [1.54, 1.807) is 6.92 Å². The average molecular weight is 322 g/mol. The Balaban J connectivity index is 2.11. The lowest BCUT2D eigenvalue weighted by atomic mass is 9.97. The van der Waals surface area contributed by atoms with Gasteiger partial charge in [-0.1, -0.05) is 49.0 Å². The number of carbonyl (C=O) groups is 2. The molecule has 0 N–H and O–H groups in total. The van der Waals surface area contributed by atoms with Crippen LogP contribution in [0.25, 0.3) is 11.1 Å². The second-order valence-corrected chi connectivity index (χ2v) is 5.79. The minimum Gasteiger partial charge on any atom is -0.469 e. The minimum atomic E-state index is -0.488. The molecule has 1 aliphatic carbocycles. The molecule has 0 spiro atoms. The number of carbonyl (C=O) groups excluding carboxylic acids is 2. The van der Waals surface area contributed by atoms with E-state index in [1.807, 2.05) is 42.5 Å². The van der Waals surface area contributed by atoms with Gasteiger partial charge in [0.25, 0.3) is 0 Å². The molecule has 122 valence electrons. The van der Waals surface area contributed by atoms with E-state index in [9.17, 15) is 9.59 Å². The Labute approximate surface area is 140 Å². The van der Waals surface area contributed by atoms with Gasteiger partial charge in [-0.3, -0.25) is 4.79 Å². The Bertz CT molecular complexity index is 835. The fourth-order valence-electron chi connectivity index (χ4n) is 3.00. The second kappa shape index (κ2) is 6.32. The molecule has 0 saturated heterocycles. The molecule has 2 aromatic carbocycles. The summed E-state index contributed by atoms with van der Waals surface area (Å²) < 4.78 is 10.4. The van der Waals surface area contributed by atoms with E-state index in [2.05, 4.69) is 6.58 Å². The quantitative estimate of drug-likeness (QED) is 0.637. The molecule has 1 aliphatic rings. The normalized spacial score (nSPS) is 14.5. The summed E-state index contributed by atoms with van der Waals surface area (Å²) >= 11 is 0. The molecule has 0 radical (unpaired) electrons. The fraction of sp³-hybridized carbons (Fsp3) is 0.200. The summed E-state index contributed by atoms with van der Waals surface area (Å²) in [5.41, 5.74) is 4.93. The van der Waals surface area contributed by atoms with Crippen LogP contribution in [0.15, 0.2) is 54.6 Å². The first-order valence-electron chi connectivity index (χ1n) is 7.67. The summed E-state index contributed by atoms with van der Waals surface area (Å²) in [6, 6.07) is 13.4. The van der Waals surface area contributed by atoms with Crippen LogP contribution in [0.3, 0.4) is 0 Å². The van der Waals surface area contributed by atoms with E-state index in [0.717, 1.165) is 27.8 Å². The van der Waals surface area contributed by atoms with Gasteiger partial charge in [-0.05, 0) is 23.6 Å². The molecule has 4 nitrogen and oxygen atoms in total. The van der Waals surface area contributed by atoms with Crippen molar-refractivity contribution in [1.82, 2.24) is 0 Å². The topological polar surface area (TPSA) is 52.6 Å². The Morgan fingerprint density at radius 2 is 1.79 bits per heavy atom. The van der Waals surface area contributed by atoms with E-state index in [1.165, 1.54) is 7.11 Å². The summed E-state index contributed by atoms with van der Waals surface area (Å²) in [5.74, 6) is -0.732. The van der Waals surface area contributed by atoms with Gasteiger partial charge >= 0.3 is 11.9 Å². The van der Waals surface area contributed by atoms with Crippen LogP contribution in [0.4, 0.5) is 0 Å². The van der Waals surface area contributed by atoms with Gasteiger partial charge in [-0.25, -0.2) is 4.79 Å². The van der Waals surface area contributed by atoms with Gasteiger partial charge < -0.3 is 9.47 Å². The second-order valence-electron chi connectivity index (χ2n) is 5.79. The third kappa shape index (κ3) is 2.71. The molecule has 1 unspecified atom stereocenters. The zero-order valence-corrected chi connectivity index (χ0v) is 13.7. The van der Waals surface area contributed by atoms with Gasteiger partial charge in [0.15, 0.2) is 6.10 Å². The van der Waals surface area contributed by atoms with Crippen molar-refractivity contribution in [2.45, 2.75) is 19.4 Å². The van der Waals surface area contributed by atoms with E-state index in [0.29, 0.717) is 5.57 Å². The third-order valence-electron chi connectivity index (χ3n) is 4.11. The Morgan fingerprint density at radius 3 is 2.50 bits per heavy atom. The first-order chi connectivity index (χ1) is 11.5. The molecule has 0 bridgehead atoms. The van der Waals surface area contributed by atoms with E-state index in [-0.39, 0.29) is 12.4 Å². The SMILES string of the molecule is C=C(C)C(=O)OC1c2ccccc2-c2c(CC(=O)OC)cccc21. The summed E-state index contributed by atoms with van der Waals surface area (Å²) in [6.45, 7) is 5.26. The maximum atomic E-state index is 12.0. The number of hydrogen-bond acceptors (Lipinski definition) is 4. The van der Waals surface area contributed by atoms with Crippen LogP contribution in [0.5, 0.6) is 0 Å². The zero-order chi connectivity index (χ0) is 17.3. The molecule has 0 amide bonds. The number of rotatable bonds is 4. The number of hydrogen-bond donors (Lipinski definition) is 0. The van der Waals surface area contributed by atoms with Crippen LogP contribution in [0, 0.1) is 0 Å². The molecule has 0 aromatic heterocycles. The molecule has 0 aliphatic heterocycles. The number of methoxy groups -OCH3 is 1. The number of benzene rings is 2. The van der Waals surface area contributed by atoms with Crippen molar-refractivity contribution in [1.29, 1.82) is 0 Å². The lowest BCUT2D eigenvalue weighted by Crippen LogP contribution is -2.11. The third-order valence-corrected chi connectivity index (χ3v) is 4.11. The molecule has 3 rings (SSSR count). The smallest absolute Gasteiger partial charge is 0.334 e. The monoisotopic (exact) mass is 322 g/mol. The summed E-state index contributed by atoms with van der Waals surface area (Å²) in [4.78, 5) is 23.8. The highest BCUT2D eigenvalue weighted by molar-refractivity contribution is 5.89. The van der Waals surface area contributed by atoms with Crippen molar-refractivity contribution in [3.63, 3.8) is 0 Å². The summed E-state index contributed by atoms with van der Waals surface area (Å²) in [5, 5.41) is 0. The van der Waals surface area contributed by atoms with Crippen LogP contribution < -0.4 is 0 Å². The van der Waals surface area contributed by atoms with Crippen molar-refractivity contribution in [2.24, 2.45) is 0 Å². The van der Waals surface area contributed by atoms with Crippen LogP contribution in [-0.2, 0) is 25.5 Å². The van der Waals surface area contributed by atoms with Gasteiger partial charge in [0.1, 0.15) is 0 Å². The first kappa shape index (κ1) is 16.0. The van der Waals surface area contributed by atoms with Gasteiger partial charge in [-0.2, -0.15) is 0 Å². The lowest BCUT2D eigenvalue weighted by molar-refractivity contribution is -0.142. The predicted octanol–water partition coefficient (Wildman–Crippen LogP) is 3.59. The van der Waals surface area contributed by atoms with Crippen LogP contribution in [-0.4, -0.2) is 19.0 Å². The molecule has 0 heterocycles. The molecule has 2 aromatic rings.